The summed E-state index contributed by atoms with van der Waals surface area (Å²) >= 11 is 6.39. The van der Waals surface area contributed by atoms with Crippen LogP contribution in [0.4, 0.5) is 0 Å². The fourth-order valence-electron chi connectivity index (χ4n) is 2.23. The molecule has 0 aromatic heterocycles. The number of carbonyl (C=O) groups excluding carboxylic acids is 1. The molecule has 0 bridgehead atoms. The quantitative estimate of drug-likeness (QED) is 0.489. The Morgan fingerprint density at radius 2 is 2.14 bits per heavy atom. The van der Waals surface area contributed by atoms with Crippen molar-refractivity contribution in [3.05, 3.63) is 46.5 Å². The van der Waals surface area contributed by atoms with E-state index in [2.05, 4.69) is 4.74 Å². The number of aryl methyl sites for hydroxylation is 1. The monoisotopic (exact) mass is 303 g/mol. The molecule has 0 saturated heterocycles. The molecule has 0 unspecified atom stereocenters. The van der Waals surface area contributed by atoms with Crippen LogP contribution in [0.15, 0.2) is 35.4 Å². The van der Waals surface area contributed by atoms with Crippen LogP contribution in [0.1, 0.15) is 17.5 Å². The van der Waals surface area contributed by atoms with Crippen molar-refractivity contribution < 1.29 is 14.3 Å². The van der Waals surface area contributed by atoms with E-state index < -0.39 is 5.97 Å². The molecule has 0 amide bonds. The Bertz CT molecular complexity index is 683. The number of ether oxygens (including phenoxy) is 2. The minimum absolute atomic E-state index is 0.0531. The molecular weight excluding hydrogens is 290 g/mol. The summed E-state index contributed by atoms with van der Waals surface area (Å²) in [6, 6.07) is 7.50. The first-order valence-corrected chi connectivity index (χ1v) is 6.74. The number of nitriles is 1. The highest BCUT2D eigenvalue weighted by Gasteiger charge is 2.19. The highest BCUT2D eigenvalue weighted by Crippen LogP contribution is 2.36. The standard InChI is InChI=1S/C16H14ClNO3/c1-20-13-5-6-14-10(8-13)3-4-11(15(14)17)7-12(9-18)16(19)21-2/h5-8H,3-4H2,1-2H3/b12-7-. The van der Waals surface area contributed by atoms with Crippen molar-refractivity contribution in [1.29, 1.82) is 5.26 Å². The second-order valence-electron chi connectivity index (χ2n) is 4.52. The van der Waals surface area contributed by atoms with Gasteiger partial charge >= 0.3 is 5.97 Å². The molecule has 0 N–H and O–H groups in total. The van der Waals surface area contributed by atoms with Gasteiger partial charge in [-0.2, -0.15) is 5.26 Å². The summed E-state index contributed by atoms with van der Waals surface area (Å²) in [7, 11) is 2.86. The van der Waals surface area contributed by atoms with Crippen molar-refractivity contribution in [1.82, 2.24) is 0 Å². The van der Waals surface area contributed by atoms with E-state index in [4.69, 9.17) is 21.6 Å². The van der Waals surface area contributed by atoms with Crippen LogP contribution >= 0.6 is 11.6 Å². The molecule has 0 heterocycles. The van der Waals surface area contributed by atoms with E-state index in [9.17, 15) is 4.79 Å². The van der Waals surface area contributed by atoms with E-state index in [0.29, 0.717) is 11.5 Å². The normalized spacial score (nSPS) is 14.3. The summed E-state index contributed by atoms with van der Waals surface area (Å²) in [6.45, 7) is 0. The molecule has 1 aromatic carbocycles. The van der Waals surface area contributed by atoms with Crippen LogP contribution in [-0.2, 0) is 16.0 Å². The molecule has 1 aliphatic rings. The first-order chi connectivity index (χ1) is 10.1. The number of hydrogen-bond donors (Lipinski definition) is 0. The number of halogens is 1. The number of hydrogen-bond acceptors (Lipinski definition) is 4. The second kappa shape index (κ2) is 6.47. The van der Waals surface area contributed by atoms with E-state index in [1.807, 2.05) is 24.3 Å². The average molecular weight is 304 g/mol. The molecule has 5 heteroatoms. The van der Waals surface area contributed by atoms with Gasteiger partial charge in [0.05, 0.1) is 19.3 Å². The summed E-state index contributed by atoms with van der Waals surface area (Å²) in [5.41, 5.74) is 2.70. The SMILES string of the molecule is COC(=O)/C(C#N)=C\C1=C(Cl)c2ccc(OC)cc2CC1. The zero-order chi connectivity index (χ0) is 15.4. The van der Waals surface area contributed by atoms with Crippen LogP contribution in [0.25, 0.3) is 5.03 Å². The van der Waals surface area contributed by atoms with Crippen LogP contribution in [-0.4, -0.2) is 20.2 Å². The lowest BCUT2D eigenvalue weighted by Crippen LogP contribution is -2.06. The fraction of sp³-hybridized carbons (Fsp3) is 0.250. The number of benzene rings is 1. The van der Waals surface area contributed by atoms with Gasteiger partial charge < -0.3 is 9.47 Å². The molecular formula is C16H14ClNO3. The molecule has 0 spiro atoms. The molecule has 1 aliphatic carbocycles. The van der Waals surface area contributed by atoms with Gasteiger partial charge in [-0.1, -0.05) is 11.6 Å². The zero-order valence-electron chi connectivity index (χ0n) is 11.8. The summed E-state index contributed by atoms with van der Waals surface area (Å²) in [5.74, 6) is 0.125. The number of carbonyl (C=O) groups is 1. The van der Waals surface area contributed by atoms with Crippen molar-refractivity contribution >= 4 is 22.6 Å². The molecule has 0 aliphatic heterocycles. The lowest BCUT2D eigenvalue weighted by molar-refractivity contribution is -0.135. The van der Waals surface area contributed by atoms with Gasteiger partial charge in [0, 0.05) is 0 Å². The minimum atomic E-state index is -0.657. The zero-order valence-corrected chi connectivity index (χ0v) is 12.5. The molecule has 0 saturated carbocycles. The number of methoxy groups -OCH3 is 2. The van der Waals surface area contributed by atoms with E-state index in [0.717, 1.165) is 28.9 Å². The van der Waals surface area contributed by atoms with Gasteiger partial charge in [-0.15, -0.1) is 0 Å². The number of esters is 1. The Balaban J connectivity index is 2.44. The van der Waals surface area contributed by atoms with E-state index >= 15 is 0 Å². The lowest BCUT2D eigenvalue weighted by Gasteiger charge is -2.18. The number of fused-ring (bicyclic) bond motifs is 1. The molecule has 0 atom stereocenters. The third kappa shape index (κ3) is 3.09. The summed E-state index contributed by atoms with van der Waals surface area (Å²) < 4.78 is 9.76. The molecule has 108 valence electrons. The summed E-state index contributed by atoms with van der Waals surface area (Å²) in [4.78, 5) is 11.5. The van der Waals surface area contributed by atoms with Gasteiger partial charge in [0.1, 0.15) is 17.4 Å². The first-order valence-electron chi connectivity index (χ1n) is 6.36. The Hall–Kier alpha value is -2.25. The number of allylic oxidation sites excluding steroid dienone is 2. The van der Waals surface area contributed by atoms with Crippen LogP contribution in [0.2, 0.25) is 0 Å². The van der Waals surface area contributed by atoms with Gasteiger partial charge in [0.25, 0.3) is 0 Å². The fourth-order valence-corrected chi connectivity index (χ4v) is 2.56. The van der Waals surface area contributed by atoms with Crippen molar-refractivity contribution in [3.8, 4) is 11.8 Å². The van der Waals surface area contributed by atoms with Crippen LogP contribution in [0, 0.1) is 11.3 Å². The topological polar surface area (TPSA) is 59.3 Å². The predicted molar refractivity (Wildman–Crippen MR) is 79.8 cm³/mol. The molecule has 0 fully saturated rings. The van der Waals surface area contributed by atoms with Crippen LogP contribution < -0.4 is 4.74 Å². The van der Waals surface area contributed by atoms with E-state index in [1.165, 1.54) is 13.2 Å². The van der Waals surface area contributed by atoms with Crippen molar-refractivity contribution in [2.24, 2.45) is 0 Å². The summed E-state index contributed by atoms with van der Waals surface area (Å²) in [6.07, 6.45) is 2.93. The van der Waals surface area contributed by atoms with Crippen LogP contribution in [0.3, 0.4) is 0 Å². The Morgan fingerprint density at radius 3 is 2.76 bits per heavy atom. The van der Waals surface area contributed by atoms with Crippen molar-refractivity contribution in [3.63, 3.8) is 0 Å². The van der Waals surface area contributed by atoms with E-state index in [1.54, 1.807) is 7.11 Å². The molecule has 21 heavy (non-hydrogen) atoms. The number of rotatable bonds is 3. The Kier molecular flexibility index (Phi) is 4.66. The molecule has 4 nitrogen and oxygen atoms in total. The maximum Gasteiger partial charge on any atom is 0.348 e. The molecule has 1 aromatic rings. The average Bonchev–Trinajstić information content (AvgIpc) is 2.53. The first kappa shape index (κ1) is 15.1. The van der Waals surface area contributed by atoms with Gasteiger partial charge in [0.15, 0.2) is 0 Å². The minimum Gasteiger partial charge on any atom is -0.497 e. The van der Waals surface area contributed by atoms with E-state index in [-0.39, 0.29) is 5.57 Å². The maximum absolute atomic E-state index is 11.5. The molecule has 2 rings (SSSR count). The maximum atomic E-state index is 11.5. The van der Waals surface area contributed by atoms with Gasteiger partial charge in [0.2, 0.25) is 0 Å². The molecule has 0 radical (unpaired) electrons. The summed E-state index contributed by atoms with van der Waals surface area (Å²) in [5, 5.41) is 9.56. The third-order valence-corrected chi connectivity index (χ3v) is 3.79. The predicted octanol–water partition coefficient (Wildman–Crippen LogP) is 3.21. The number of nitrogens with zero attached hydrogens (tertiary/aromatic N) is 1. The Labute approximate surface area is 128 Å². The van der Waals surface area contributed by atoms with Crippen molar-refractivity contribution in [2.75, 3.05) is 14.2 Å². The smallest absolute Gasteiger partial charge is 0.348 e. The van der Waals surface area contributed by atoms with Gasteiger partial charge in [-0.3, -0.25) is 0 Å². The highest BCUT2D eigenvalue weighted by atomic mass is 35.5. The second-order valence-corrected chi connectivity index (χ2v) is 4.90. The van der Waals surface area contributed by atoms with Crippen molar-refractivity contribution in [2.45, 2.75) is 12.8 Å². The van der Waals surface area contributed by atoms with Gasteiger partial charge in [-0.05, 0) is 53.8 Å². The Morgan fingerprint density at radius 1 is 1.38 bits per heavy atom. The largest absolute Gasteiger partial charge is 0.497 e. The third-order valence-electron chi connectivity index (χ3n) is 3.34. The lowest BCUT2D eigenvalue weighted by atomic mass is 9.91. The highest BCUT2D eigenvalue weighted by molar-refractivity contribution is 6.49. The van der Waals surface area contributed by atoms with Crippen LogP contribution in [0.5, 0.6) is 5.75 Å². The van der Waals surface area contributed by atoms with Gasteiger partial charge in [-0.25, -0.2) is 4.79 Å².